The quantitative estimate of drug-likeness (QED) is 0.849. The van der Waals surface area contributed by atoms with Crippen molar-refractivity contribution in [3.05, 3.63) is 35.9 Å². The molecule has 0 saturated heterocycles. The van der Waals surface area contributed by atoms with Crippen LogP contribution in [0.5, 0.6) is 0 Å². The number of amides is 1. The number of ether oxygens (including phenoxy) is 1. The van der Waals surface area contributed by atoms with E-state index in [0.717, 1.165) is 25.7 Å². The minimum atomic E-state index is -0.457. The average molecular weight is 276 g/mol. The number of benzene rings is 1. The summed E-state index contributed by atoms with van der Waals surface area (Å²) in [5.74, 6) is 0. The predicted molar refractivity (Wildman–Crippen MR) is 81.7 cm³/mol. The molecule has 3 heteroatoms. The molecule has 1 atom stereocenters. The van der Waals surface area contributed by atoms with Gasteiger partial charge in [-0.05, 0) is 45.2 Å². The van der Waals surface area contributed by atoms with Crippen LogP contribution in [0.1, 0.15) is 52.5 Å². The molecule has 0 aromatic heterocycles. The standard InChI is InChI=1S/C17H26NO2/c1-5-6-12-15(13-14-10-8-7-9-11-14)18-16(19)20-17(2,3)4/h8-11,15H,5-6,12-13H2,1-4H3,(H,18,19)/t15-/m0/s1. The normalized spacial score (nSPS) is 12.8. The molecular weight excluding hydrogens is 250 g/mol. The third-order valence-corrected chi connectivity index (χ3v) is 2.90. The van der Waals surface area contributed by atoms with Gasteiger partial charge < -0.3 is 10.1 Å². The van der Waals surface area contributed by atoms with E-state index in [1.807, 2.05) is 45.0 Å². The van der Waals surface area contributed by atoms with E-state index in [-0.39, 0.29) is 12.1 Å². The molecule has 1 aromatic rings. The lowest BCUT2D eigenvalue weighted by atomic mass is 10.0. The lowest BCUT2D eigenvalue weighted by Crippen LogP contribution is -2.40. The molecule has 0 unspecified atom stereocenters. The summed E-state index contributed by atoms with van der Waals surface area (Å²) < 4.78 is 5.33. The zero-order chi connectivity index (χ0) is 15.0. The summed E-state index contributed by atoms with van der Waals surface area (Å²) in [5, 5.41) is 2.99. The van der Waals surface area contributed by atoms with Crippen molar-refractivity contribution < 1.29 is 9.53 Å². The van der Waals surface area contributed by atoms with Crippen LogP contribution in [0.2, 0.25) is 0 Å². The van der Waals surface area contributed by atoms with Crippen molar-refractivity contribution >= 4 is 6.09 Å². The molecule has 0 aliphatic carbocycles. The van der Waals surface area contributed by atoms with Gasteiger partial charge in [-0.3, -0.25) is 0 Å². The van der Waals surface area contributed by atoms with Crippen LogP contribution in [-0.4, -0.2) is 17.7 Å². The molecule has 1 radical (unpaired) electrons. The third-order valence-electron chi connectivity index (χ3n) is 2.90. The molecule has 1 rings (SSSR count). The first-order valence-corrected chi connectivity index (χ1v) is 7.35. The van der Waals surface area contributed by atoms with Crippen LogP contribution >= 0.6 is 0 Å². The van der Waals surface area contributed by atoms with E-state index in [4.69, 9.17) is 4.74 Å². The van der Waals surface area contributed by atoms with E-state index in [1.165, 1.54) is 5.56 Å². The Kier molecular flexibility index (Phi) is 6.56. The maximum atomic E-state index is 11.9. The number of alkyl carbamates (subject to hydrolysis) is 1. The summed E-state index contributed by atoms with van der Waals surface area (Å²) in [6, 6.07) is 11.0. The zero-order valence-corrected chi connectivity index (χ0v) is 13.0. The first kappa shape index (κ1) is 16.5. The van der Waals surface area contributed by atoms with Gasteiger partial charge >= 0.3 is 6.09 Å². The maximum absolute atomic E-state index is 11.9. The number of carbonyl (C=O) groups is 1. The Morgan fingerprint density at radius 1 is 1.35 bits per heavy atom. The van der Waals surface area contributed by atoms with E-state index < -0.39 is 5.60 Å². The van der Waals surface area contributed by atoms with E-state index in [9.17, 15) is 4.79 Å². The van der Waals surface area contributed by atoms with Gasteiger partial charge in [0.1, 0.15) is 5.60 Å². The predicted octanol–water partition coefficient (Wildman–Crippen LogP) is 4.11. The largest absolute Gasteiger partial charge is 0.444 e. The van der Waals surface area contributed by atoms with Gasteiger partial charge in [-0.15, -0.1) is 0 Å². The van der Waals surface area contributed by atoms with Crippen molar-refractivity contribution in [1.29, 1.82) is 0 Å². The molecule has 0 heterocycles. The van der Waals surface area contributed by atoms with Crippen LogP contribution in [0.25, 0.3) is 0 Å². The number of unbranched alkanes of at least 4 members (excludes halogenated alkanes) is 1. The Bertz CT molecular complexity index is 395. The molecule has 1 aromatic carbocycles. The second-order valence-corrected chi connectivity index (χ2v) is 6.10. The van der Waals surface area contributed by atoms with Gasteiger partial charge in [0, 0.05) is 6.04 Å². The van der Waals surface area contributed by atoms with E-state index in [1.54, 1.807) is 0 Å². The van der Waals surface area contributed by atoms with Gasteiger partial charge in [0.05, 0.1) is 0 Å². The van der Waals surface area contributed by atoms with Crippen LogP contribution in [-0.2, 0) is 11.2 Å². The van der Waals surface area contributed by atoms with Gasteiger partial charge in [-0.25, -0.2) is 4.79 Å². The van der Waals surface area contributed by atoms with Crippen LogP contribution in [0, 0.1) is 6.07 Å². The lowest BCUT2D eigenvalue weighted by molar-refractivity contribution is 0.0501. The van der Waals surface area contributed by atoms with Gasteiger partial charge in [0.2, 0.25) is 0 Å². The first-order chi connectivity index (χ1) is 9.40. The summed E-state index contributed by atoms with van der Waals surface area (Å²) in [5.41, 5.74) is 0.752. The van der Waals surface area contributed by atoms with Gasteiger partial charge in [-0.1, -0.05) is 44.0 Å². The highest BCUT2D eigenvalue weighted by Crippen LogP contribution is 2.11. The second-order valence-electron chi connectivity index (χ2n) is 6.10. The van der Waals surface area contributed by atoms with E-state index in [2.05, 4.69) is 18.3 Å². The molecule has 0 bridgehead atoms. The van der Waals surface area contributed by atoms with Crippen LogP contribution < -0.4 is 5.32 Å². The SMILES string of the molecule is CCCC[C@@H](Cc1cc[c]cc1)NC(=O)OC(C)(C)C. The summed E-state index contributed by atoms with van der Waals surface area (Å²) in [6.45, 7) is 7.78. The summed E-state index contributed by atoms with van der Waals surface area (Å²) in [6.07, 6.45) is 3.68. The number of hydrogen-bond donors (Lipinski definition) is 1. The van der Waals surface area contributed by atoms with Crippen molar-refractivity contribution in [2.75, 3.05) is 0 Å². The van der Waals surface area contributed by atoms with Crippen molar-refractivity contribution in [2.45, 2.75) is 65.0 Å². The fraction of sp³-hybridized carbons (Fsp3) is 0.588. The minimum Gasteiger partial charge on any atom is -0.444 e. The van der Waals surface area contributed by atoms with Crippen LogP contribution in [0.15, 0.2) is 24.3 Å². The smallest absolute Gasteiger partial charge is 0.407 e. The Labute approximate surface area is 122 Å². The Hall–Kier alpha value is -1.51. The third kappa shape index (κ3) is 7.17. The van der Waals surface area contributed by atoms with Crippen molar-refractivity contribution in [1.82, 2.24) is 5.32 Å². The molecule has 1 amide bonds. The molecule has 20 heavy (non-hydrogen) atoms. The first-order valence-electron chi connectivity index (χ1n) is 7.35. The zero-order valence-electron chi connectivity index (χ0n) is 13.0. The molecule has 3 nitrogen and oxygen atoms in total. The average Bonchev–Trinajstić information content (AvgIpc) is 2.35. The lowest BCUT2D eigenvalue weighted by Gasteiger charge is -2.23. The second kappa shape index (κ2) is 7.93. The molecule has 0 spiro atoms. The number of carbonyl (C=O) groups excluding carboxylic acids is 1. The van der Waals surface area contributed by atoms with Gasteiger partial charge in [0.25, 0.3) is 0 Å². The molecule has 1 N–H and O–H groups in total. The Morgan fingerprint density at radius 3 is 2.55 bits per heavy atom. The van der Waals surface area contributed by atoms with Gasteiger partial charge in [0.15, 0.2) is 0 Å². The summed E-state index contributed by atoms with van der Waals surface area (Å²) in [4.78, 5) is 11.9. The Balaban J connectivity index is 2.57. The Morgan fingerprint density at radius 2 is 2.00 bits per heavy atom. The van der Waals surface area contributed by atoms with Crippen molar-refractivity contribution in [3.8, 4) is 0 Å². The van der Waals surface area contributed by atoms with Crippen LogP contribution in [0.4, 0.5) is 4.79 Å². The molecule has 0 saturated carbocycles. The van der Waals surface area contributed by atoms with Crippen LogP contribution in [0.3, 0.4) is 0 Å². The molecule has 111 valence electrons. The monoisotopic (exact) mass is 276 g/mol. The number of hydrogen-bond acceptors (Lipinski definition) is 2. The minimum absolute atomic E-state index is 0.118. The van der Waals surface area contributed by atoms with Crippen molar-refractivity contribution in [2.24, 2.45) is 0 Å². The highest BCUT2D eigenvalue weighted by molar-refractivity contribution is 5.68. The highest BCUT2D eigenvalue weighted by atomic mass is 16.6. The topological polar surface area (TPSA) is 38.3 Å². The summed E-state index contributed by atoms with van der Waals surface area (Å²) in [7, 11) is 0. The van der Waals surface area contributed by atoms with E-state index in [0.29, 0.717) is 0 Å². The van der Waals surface area contributed by atoms with Gasteiger partial charge in [-0.2, -0.15) is 0 Å². The van der Waals surface area contributed by atoms with E-state index >= 15 is 0 Å². The fourth-order valence-electron chi connectivity index (χ4n) is 1.99. The molecule has 0 fully saturated rings. The van der Waals surface area contributed by atoms with Crippen molar-refractivity contribution in [3.63, 3.8) is 0 Å². The number of rotatable bonds is 6. The molecular formula is C17H26NO2. The highest BCUT2D eigenvalue weighted by Gasteiger charge is 2.19. The summed E-state index contributed by atoms with van der Waals surface area (Å²) >= 11 is 0. The molecule has 0 aliphatic rings. The molecule has 0 aliphatic heterocycles. The number of nitrogens with one attached hydrogen (secondary N) is 1. The fourth-order valence-corrected chi connectivity index (χ4v) is 1.99. The maximum Gasteiger partial charge on any atom is 0.407 e.